The number of likely N-dealkylation sites (N-methyl/N-ethyl adjacent to an activating group) is 1. The van der Waals surface area contributed by atoms with Crippen molar-refractivity contribution in [1.82, 2.24) is 0 Å². The molecular weight excluding hydrogens is 294 g/mol. The Morgan fingerprint density at radius 3 is 2.48 bits per heavy atom. The Bertz CT molecular complexity index is 624. The van der Waals surface area contributed by atoms with E-state index in [1.54, 1.807) is 18.9 Å². The van der Waals surface area contributed by atoms with Crippen LogP contribution in [0, 0.1) is 6.92 Å². The van der Waals surface area contributed by atoms with Gasteiger partial charge in [0.05, 0.1) is 22.8 Å². The summed E-state index contributed by atoms with van der Waals surface area (Å²) in [5.74, 6) is -1.08. The van der Waals surface area contributed by atoms with Crippen LogP contribution in [0.4, 0.5) is 5.69 Å². The lowest BCUT2D eigenvalue weighted by atomic mass is 10.1. The van der Waals surface area contributed by atoms with Gasteiger partial charge in [-0.3, -0.25) is 0 Å². The Morgan fingerprint density at radius 1 is 1.38 bits per heavy atom. The van der Waals surface area contributed by atoms with Gasteiger partial charge in [-0.1, -0.05) is 0 Å². The zero-order valence-corrected chi connectivity index (χ0v) is 13.5. The largest absolute Gasteiger partial charge is 0.478 e. The Labute approximate surface area is 125 Å². The molecule has 0 fully saturated rings. The minimum atomic E-state index is -3.45. The highest BCUT2D eigenvalue weighted by molar-refractivity contribution is 7.90. The molecule has 1 N–H and O–H groups in total. The second-order valence-corrected chi connectivity index (χ2v) is 6.76. The molecule has 0 spiro atoms. The van der Waals surface area contributed by atoms with Gasteiger partial charge in [-0.25, -0.2) is 13.2 Å². The van der Waals surface area contributed by atoms with Crippen LogP contribution in [0.2, 0.25) is 0 Å². The van der Waals surface area contributed by atoms with E-state index >= 15 is 0 Å². The number of aromatic carboxylic acids is 1. The molecule has 0 bridgehead atoms. The maximum absolute atomic E-state index is 11.9. The lowest BCUT2D eigenvalue weighted by Gasteiger charge is -2.24. The summed E-state index contributed by atoms with van der Waals surface area (Å²) in [6.07, 6.45) is 1.11. The van der Waals surface area contributed by atoms with Crippen molar-refractivity contribution in [2.24, 2.45) is 0 Å². The van der Waals surface area contributed by atoms with Gasteiger partial charge in [0.25, 0.3) is 0 Å². The van der Waals surface area contributed by atoms with Crippen LogP contribution in [0.1, 0.15) is 22.8 Å². The smallest absolute Gasteiger partial charge is 0.336 e. The third-order valence-corrected chi connectivity index (χ3v) is 4.31. The topological polar surface area (TPSA) is 83.9 Å². The van der Waals surface area contributed by atoms with E-state index in [0.717, 1.165) is 6.26 Å². The standard InChI is InChI=1S/C14H21NO5S/c1-5-20-9-8-15(3)13-10(2)11(14(16)17)6-7-12(13)21(4,18)19/h6-7H,5,8-9H2,1-4H3,(H,16,17). The number of carboxylic acid groups (broad SMARTS) is 1. The molecule has 0 unspecified atom stereocenters. The molecular formula is C14H21NO5S. The van der Waals surface area contributed by atoms with E-state index in [4.69, 9.17) is 4.74 Å². The fraction of sp³-hybridized carbons (Fsp3) is 0.500. The maximum atomic E-state index is 11.9. The monoisotopic (exact) mass is 315 g/mol. The lowest BCUT2D eigenvalue weighted by molar-refractivity contribution is 0.0696. The molecule has 0 aromatic heterocycles. The molecule has 7 heteroatoms. The van der Waals surface area contributed by atoms with Crippen LogP contribution in [0.3, 0.4) is 0 Å². The molecule has 0 heterocycles. The summed E-state index contributed by atoms with van der Waals surface area (Å²) in [6.45, 7) is 4.97. The van der Waals surface area contributed by atoms with Crippen molar-refractivity contribution in [3.05, 3.63) is 23.3 Å². The number of ether oxygens (including phenoxy) is 1. The van der Waals surface area contributed by atoms with Crippen molar-refractivity contribution in [3.63, 3.8) is 0 Å². The van der Waals surface area contributed by atoms with E-state index < -0.39 is 15.8 Å². The van der Waals surface area contributed by atoms with Gasteiger partial charge in [0.15, 0.2) is 9.84 Å². The van der Waals surface area contributed by atoms with E-state index in [-0.39, 0.29) is 10.5 Å². The molecule has 1 aromatic rings. The predicted molar refractivity (Wildman–Crippen MR) is 81.0 cm³/mol. The van der Waals surface area contributed by atoms with Crippen LogP contribution in [-0.2, 0) is 14.6 Å². The number of rotatable bonds is 7. The molecule has 0 radical (unpaired) electrons. The normalized spacial score (nSPS) is 11.4. The van der Waals surface area contributed by atoms with Crippen molar-refractivity contribution >= 4 is 21.5 Å². The van der Waals surface area contributed by atoms with Gasteiger partial charge in [-0.2, -0.15) is 0 Å². The van der Waals surface area contributed by atoms with Crippen molar-refractivity contribution < 1.29 is 23.1 Å². The number of hydrogen-bond acceptors (Lipinski definition) is 5. The number of nitrogens with zero attached hydrogens (tertiary/aromatic N) is 1. The average molecular weight is 315 g/mol. The highest BCUT2D eigenvalue weighted by atomic mass is 32.2. The van der Waals surface area contributed by atoms with Crippen LogP contribution in [0.25, 0.3) is 0 Å². The Hall–Kier alpha value is -1.60. The molecule has 0 aliphatic heterocycles. The Kier molecular flexibility index (Phi) is 5.74. The van der Waals surface area contributed by atoms with Crippen LogP contribution >= 0.6 is 0 Å². The number of carboxylic acids is 1. The molecule has 118 valence electrons. The van der Waals surface area contributed by atoms with Gasteiger partial charge >= 0.3 is 5.97 Å². The van der Waals surface area contributed by atoms with Crippen molar-refractivity contribution in [3.8, 4) is 0 Å². The van der Waals surface area contributed by atoms with Crippen molar-refractivity contribution in [1.29, 1.82) is 0 Å². The second kappa shape index (κ2) is 6.91. The van der Waals surface area contributed by atoms with E-state index in [1.165, 1.54) is 12.1 Å². The van der Waals surface area contributed by atoms with E-state index in [2.05, 4.69) is 0 Å². The molecule has 0 saturated carbocycles. The quantitative estimate of drug-likeness (QED) is 0.769. The van der Waals surface area contributed by atoms with E-state index in [0.29, 0.717) is 31.0 Å². The molecule has 0 amide bonds. The van der Waals surface area contributed by atoms with E-state index in [1.807, 2.05) is 6.92 Å². The number of benzene rings is 1. The molecule has 0 aliphatic rings. The van der Waals surface area contributed by atoms with Gasteiger partial charge in [0.1, 0.15) is 0 Å². The summed E-state index contributed by atoms with van der Waals surface area (Å²) in [4.78, 5) is 13.1. The third-order valence-electron chi connectivity index (χ3n) is 3.18. The molecule has 21 heavy (non-hydrogen) atoms. The van der Waals surface area contributed by atoms with Crippen LogP contribution in [0.5, 0.6) is 0 Å². The van der Waals surface area contributed by atoms with Gasteiger partial charge in [0.2, 0.25) is 0 Å². The highest BCUT2D eigenvalue weighted by Gasteiger charge is 2.22. The molecule has 1 rings (SSSR count). The fourth-order valence-electron chi connectivity index (χ4n) is 2.14. The molecule has 0 saturated heterocycles. The van der Waals surface area contributed by atoms with Crippen molar-refractivity contribution in [2.75, 3.05) is 38.0 Å². The molecule has 0 aliphatic carbocycles. The molecule has 0 atom stereocenters. The summed E-state index contributed by atoms with van der Waals surface area (Å²) >= 11 is 0. The first-order valence-electron chi connectivity index (χ1n) is 6.56. The lowest BCUT2D eigenvalue weighted by Crippen LogP contribution is -2.26. The fourth-order valence-corrected chi connectivity index (χ4v) is 3.11. The minimum absolute atomic E-state index is 0.0978. The van der Waals surface area contributed by atoms with Gasteiger partial charge < -0.3 is 14.7 Å². The minimum Gasteiger partial charge on any atom is -0.478 e. The number of sulfone groups is 1. The first-order valence-corrected chi connectivity index (χ1v) is 8.45. The predicted octanol–water partition coefficient (Wildman–Crippen LogP) is 1.57. The Morgan fingerprint density at radius 2 is 2.00 bits per heavy atom. The third kappa shape index (κ3) is 4.18. The number of carbonyl (C=O) groups is 1. The van der Waals surface area contributed by atoms with Crippen LogP contribution < -0.4 is 4.90 Å². The highest BCUT2D eigenvalue weighted by Crippen LogP contribution is 2.30. The van der Waals surface area contributed by atoms with Crippen LogP contribution in [-0.4, -0.2) is 52.6 Å². The van der Waals surface area contributed by atoms with Crippen molar-refractivity contribution in [2.45, 2.75) is 18.7 Å². The first-order chi connectivity index (χ1) is 9.70. The summed E-state index contributed by atoms with van der Waals surface area (Å²) in [5.41, 5.74) is 0.946. The zero-order chi connectivity index (χ0) is 16.2. The summed E-state index contributed by atoms with van der Waals surface area (Å²) in [6, 6.07) is 2.67. The van der Waals surface area contributed by atoms with Gasteiger partial charge in [-0.15, -0.1) is 0 Å². The molecule has 6 nitrogen and oxygen atoms in total. The summed E-state index contributed by atoms with van der Waals surface area (Å²) in [5, 5.41) is 9.19. The number of anilines is 1. The molecule has 1 aromatic carbocycles. The maximum Gasteiger partial charge on any atom is 0.336 e. The first kappa shape index (κ1) is 17.5. The van der Waals surface area contributed by atoms with E-state index in [9.17, 15) is 18.3 Å². The van der Waals surface area contributed by atoms with Gasteiger partial charge in [0, 0.05) is 26.5 Å². The van der Waals surface area contributed by atoms with Crippen LogP contribution in [0.15, 0.2) is 17.0 Å². The number of hydrogen-bond donors (Lipinski definition) is 1. The summed E-state index contributed by atoms with van der Waals surface area (Å²) < 4.78 is 29.1. The average Bonchev–Trinajstić information content (AvgIpc) is 2.36. The second-order valence-electron chi connectivity index (χ2n) is 4.78. The van der Waals surface area contributed by atoms with Gasteiger partial charge in [-0.05, 0) is 31.5 Å². The SMILES string of the molecule is CCOCCN(C)c1c(S(C)(=O)=O)ccc(C(=O)O)c1C. The zero-order valence-electron chi connectivity index (χ0n) is 12.7. The summed E-state index contributed by atoms with van der Waals surface area (Å²) in [7, 11) is -1.73. The Balaban J connectivity index is 3.36.